The molecule has 0 aliphatic carbocycles. The molecule has 0 radical (unpaired) electrons. The quantitative estimate of drug-likeness (QED) is 0.606. The summed E-state index contributed by atoms with van der Waals surface area (Å²) in [5.41, 5.74) is 7.94. The van der Waals surface area contributed by atoms with Crippen LogP contribution in [0.5, 0.6) is 0 Å². The molecule has 1 rings (SSSR count). The Labute approximate surface area is 91.1 Å². The van der Waals surface area contributed by atoms with Crippen LogP contribution in [0, 0.1) is 12.8 Å². The van der Waals surface area contributed by atoms with Gasteiger partial charge in [-0.2, -0.15) is 0 Å². The van der Waals surface area contributed by atoms with E-state index in [9.17, 15) is 0 Å². The van der Waals surface area contributed by atoms with Crippen molar-refractivity contribution in [2.45, 2.75) is 37.8 Å². The van der Waals surface area contributed by atoms with Crippen LogP contribution in [0.2, 0.25) is 0 Å². The molecular formula is C12H19NS. The van der Waals surface area contributed by atoms with Gasteiger partial charge in [0.25, 0.3) is 0 Å². The van der Waals surface area contributed by atoms with Gasteiger partial charge >= 0.3 is 0 Å². The largest absolute Gasteiger partial charge is 0.399 e. The fourth-order valence-corrected chi connectivity index (χ4v) is 2.21. The van der Waals surface area contributed by atoms with Crippen molar-refractivity contribution in [1.29, 1.82) is 0 Å². The van der Waals surface area contributed by atoms with Crippen LogP contribution in [-0.2, 0) is 0 Å². The lowest BCUT2D eigenvalue weighted by Crippen LogP contribution is -2.05. The van der Waals surface area contributed by atoms with Crippen LogP contribution in [0.3, 0.4) is 0 Å². The Hall–Kier alpha value is -0.630. The van der Waals surface area contributed by atoms with Gasteiger partial charge in [-0.05, 0) is 30.5 Å². The summed E-state index contributed by atoms with van der Waals surface area (Å²) in [6.45, 7) is 8.89. The van der Waals surface area contributed by atoms with E-state index in [0.29, 0.717) is 11.2 Å². The molecule has 14 heavy (non-hydrogen) atoms. The van der Waals surface area contributed by atoms with Crippen LogP contribution in [0.25, 0.3) is 0 Å². The van der Waals surface area contributed by atoms with Crippen LogP contribution in [0.1, 0.15) is 26.3 Å². The third-order valence-corrected chi connectivity index (χ3v) is 4.07. The lowest BCUT2D eigenvalue weighted by Gasteiger charge is -2.16. The van der Waals surface area contributed by atoms with Gasteiger partial charge in [-0.1, -0.05) is 26.8 Å². The molecule has 1 aromatic carbocycles. The number of nitrogens with two attached hydrogens (primary N) is 1. The minimum atomic E-state index is 0.635. The fraction of sp³-hybridized carbons (Fsp3) is 0.500. The molecule has 0 saturated carbocycles. The van der Waals surface area contributed by atoms with Gasteiger partial charge in [0.15, 0.2) is 0 Å². The number of thioether (sulfide) groups is 1. The number of hydrogen-bond donors (Lipinski definition) is 1. The molecule has 0 amide bonds. The molecule has 0 aliphatic heterocycles. The number of hydrogen-bond acceptors (Lipinski definition) is 2. The molecule has 0 bridgehead atoms. The van der Waals surface area contributed by atoms with Gasteiger partial charge in [0.05, 0.1) is 0 Å². The van der Waals surface area contributed by atoms with E-state index in [1.807, 2.05) is 17.8 Å². The SMILES string of the molecule is Cc1ccc(N)cc1SC(C)C(C)C. The molecule has 1 nitrogen and oxygen atoms in total. The lowest BCUT2D eigenvalue weighted by molar-refractivity contribution is 0.642. The second kappa shape index (κ2) is 4.74. The Morgan fingerprint density at radius 2 is 1.86 bits per heavy atom. The fourth-order valence-electron chi connectivity index (χ4n) is 1.08. The standard InChI is InChI=1S/C12H19NS/c1-8(2)10(4)14-12-7-11(13)6-5-9(12)3/h5-8,10H,13H2,1-4H3. The first-order chi connectivity index (χ1) is 6.50. The van der Waals surface area contributed by atoms with Gasteiger partial charge in [-0.3, -0.25) is 0 Å². The molecule has 0 aliphatic rings. The van der Waals surface area contributed by atoms with Gasteiger partial charge in [-0.15, -0.1) is 11.8 Å². The third kappa shape index (κ3) is 2.95. The van der Waals surface area contributed by atoms with E-state index in [4.69, 9.17) is 5.73 Å². The second-order valence-corrected chi connectivity index (χ2v) is 5.51. The molecule has 1 atom stereocenters. The van der Waals surface area contributed by atoms with E-state index in [0.717, 1.165) is 5.69 Å². The van der Waals surface area contributed by atoms with Crippen molar-refractivity contribution >= 4 is 17.4 Å². The van der Waals surface area contributed by atoms with Gasteiger partial charge in [0.2, 0.25) is 0 Å². The van der Waals surface area contributed by atoms with Crippen LogP contribution < -0.4 is 5.73 Å². The molecule has 0 fully saturated rings. The van der Waals surface area contributed by atoms with Crippen LogP contribution in [0.15, 0.2) is 23.1 Å². The van der Waals surface area contributed by atoms with E-state index in [1.54, 1.807) is 0 Å². The average Bonchev–Trinajstić information content (AvgIpc) is 2.11. The Balaban J connectivity index is 2.80. The minimum Gasteiger partial charge on any atom is -0.399 e. The molecule has 2 heteroatoms. The van der Waals surface area contributed by atoms with Crippen LogP contribution >= 0.6 is 11.8 Å². The maximum Gasteiger partial charge on any atom is 0.0325 e. The zero-order valence-corrected chi connectivity index (χ0v) is 10.2. The number of anilines is 1. The van der Waals surface area contributed by atoms with Crippen molar-refractivity contribution in [3.05, 3.63) is 23.8 Å². The summed E-state index contributed by atoms with van der Waals surface area (Å²) in [5.74, 6) is 0.695. The van der Waals surface area contributed by atoms with E-state index in [2.05, 4.69) is 39.8 Å². The molecule has 0 aromatic heterocycles. The summed E-state index contributed by atoms with van der Waals surface area (Å²) in [4.78, 5) is 1.31. The summed E-state index contributed by atoms with van der Waals surface area (Å²) >= 11 is 1.91. The van der Waals surface area contributed by atoms with E-state index in [-0.39, 0.29) is 0 Å². The van der Waals surface area contributed by atoms with Crippen molar-refractivity contribution in [3.63, 3.8) is 0 Å². The molecule has 0 heterocycles. The lowest BCUT2D eigenvalue weighted by atomic mass is 10.2. The van der Waals surface area contributed by atoms with Gasteiger partial charge in [-0.25, -0.2) is 0 Å². The predicted molar refractivity (Wildman–Crippen MR) is 65.7 cm³/mol. The number of aryl methyl sites for hydroxylation is 1. The second-order valence-electron chi connectivity index (χ2n) is 4.09. The third-order valence-electron chi connectivity index (χ3n) is 2.46. The van der Waals surface area contributed by atoms with Crippen molar-refractivity contribution in [2.75, 3.05) is 5.73 Å². The highest BCUT2D eigenvalue weighted by Crippen LogP contribution is 2.31. The molecular weight excluding hydrogens is 190 g/mol. The van der Waals surface area contributed by atoms with Crippen molar-refractivity contribution < 1.29 is 0 Å². The van der Waals surface area contributed by atoms with Gasteiger partial charge < -0.3 is 5.73 Å². The van der Waals surface area contributed by atoms with Crippen LogP contribution in [-0.4, -0.2) is 5.25 Å². The maximum absolute atomic E-state index is 5.77. The number of nitrogen functional groups attached to an aromatic ring is 1. The Bertz CT molecular complexity index is 307. The van der Waals surface area contributed by atoms with Crippen LogP contribution in [0.4, 0.5) is 5.69 Å². The Morgan fingerprint density at radius 1 is 1.21 bits per heavy atom. The highest BCUT2D eigenvalue weighted by atomic mass is 32.2. The smallest absolute Gasteiger partial charge is 0.0325 e. The molecule has 1 aromatic rings. The highest BCUT2D eigenvalue weighted by Gasteiger charge is 2.10. The predicted octanol–water partition coefficient (Wildman–Crippen LogP) is 3.71. The molecule has 0 spiro atoms. The number of benzene rings is 1. The van der Waals surface area contributed by atoms with E-state index < -0.39 is 0 Å². The summed E-state index contributed by atoms with van der Waals surface area (Å²) < 4.78 is 0. The van der Waals surface area contributed by atoms with Crippen molar-refractivity contribution in [2.24, 2.45) is 5.92 Å². The van der Waals surface area contributed by atoms with E-state index >= 15 is 0 Å². The van der Waals surface area contributed by atoms with Crippen molar-refractivity contribution in [1.82, 2.24) is 0 Å². The summed E-state index contributed by atoms with van der Waals surface area (Å²) in [6, 6.07) is 6.11. The first-order valence-electron chi connectivity index (χ1n) is 5.03. The monoisotopic (exact) mass is 209 g/mol. The average molecular weight is 209 g/mol. The Kier molecular flexibility index (Phi) is 3.87. The first-order valence-corrected chi connectivity index (χ1v) is 5.91. The summed E-state index contributed by atoms with van der Waals surface area (Å²) in [5, 5.41) is 0.635. The first kappa shape index (κ1) is 11.4. The van der Waals surface area contributed by atoms with E-state index in [1.165, 1.54) is 10.5 Å². The zero-order valence-electron chi connectivity index (χ0n) is 9.37. The normalized spacial score (nSPS) is 13.2. The highest BCUT2D eigenvalue weighted by molar-refractivity contribution is 8.00. The number of rotatable bonds is 3. The zero-order chi connectivity index (χ0) is 10.7. The van der Waals surface area contributed by atoms with Gasteiger partial charge in [0.1, 0.15) is 0 Å². The molecule has 2 N–H and O–H groups in total. The van der Waals surface area contributed by atoms with Gasteiger partial charge in [0, 0.05) is 15.8 Å². The summed E-state index contributed by atoms with van der Waals surface area (Å²) in [6.07, 6.45) is 0. The molecule has 78 valence electrons. The molecule has 1 unspecified atom stereocenters. The maximum atomic E-state index is 5.77. The summed E-state index contributed by atoms with van der Waals surface area (Å²) in [7, 11) is 0. The van der Waals surface area contributed by atoms with Crippen molar-refractivity contribution in [3.8, 4) is 0 Å². The minimum absolute atomic E-state index is 0.635. The Morgan fingerprint density at radius 3 is 2.43 bits per heavy atom. The topological polar surface area (TPSA) is 26.0 Å². The molecule has 0 saturated heterocycles.